The van der Waals surface area contributed by atoms with E-state index in [0.29, 0.717) is 19.5 Å². The lowest BCUT2D eigenvalue weighted by Crippen LogP contribution is -2.50. The van der Waals surface area contributed by atoms with E-state index in [-0.39, 0.29) is 12.5 Å². The van der Waals surface area contributed by atoms with Gasteiger partial charge in [-0.3, -0.25) is 4.79 Å². The lowest BCUT2D eigenvalue weighted by molar-refractivity contribution is -0.143. The van der Waals surface area contributed by atoms with E-state index < -0.39 is 22.1 Å². The van der Waals surface area contributed by atoms with Crippen molar-refractivity contribution in [2.75, 3.05) is 26.7 Å². The summed E-state index contributed by atoms with van der Waals surface area (Å²) in [6, 6.07) is 0. The molecule has 1 N–H and O–H groups in total. The third kappa shape index (κ3) is 3.17. The van der Waals surface area contributed by atoms with Gasteiger partial charge < -0.3 is 5.11 Å². The molecule has 6 nitrogen and oxygen atoms in total. The van der Waals surface area contributed by atoms with Crippen LogP contribution in [0.25, 0.3) is 0 Å². The topological polar surface area (TPSA) is 77.9 Å². The van der Waals surface area contributed by atoms with Crippen LogP contribution in [0.1, 0.15) is 20.3 Å². The van der Waals surface area contributed by atoms with Gasteiger partial charge in [0.2, 0.25) is 0 Å². The molecular formula is C10H20N2O4S. The SMILES string of the molecule is CCN(C)S(=O)(=O)N1CC(C)CC(C(=O)O)C1. The first-order valence-electron chi connectivity index (χ1n) is 5.73. The minimum absolute atomic E-state index is 0.0740. The molecule has 0 amide bonds. The number of carboxylic acids is 1. The molecule has 0 aliphatic carbocycles. The van der Waals surface area contributed by atoms with Gasteiger partial charge in [0, 0.05) is 26.7 Å². The Hall–Kier alpha value is -0.660. The highest BCUT2D eigenvalue weighted by Gasteiger charge is 2.36. The number of carbonyl (C=O) groups is 1. The highest BCUT2D eigenvalue weighted by Crippen LogP contribution is 2.24. The number of carboxylic acid groups (broad SMARTS) is 1. The fraction of sp³-hybridized carbons (Fsp3) is 0.900. The number of piperidine rings is 1. The fourth-order valence-corrected chi connectivity index (χ4v) is 3.56. The molecule has 2 unspecified atom stereocenters. The molecule has 1 fully saturated rings. The number of hydrogen-bond donors (Lipinski definition) is 1. The summed E-state index contributed by atoms with van der Waals surface area (Å²) in [5.74, 6) is -1.44. The summed E-state index contributed by atoms with van der Waals surface area (Å²) in [6.07, 6.45) is 0.539. The average molecular weight is 264 g/mol. The van der Waals surface area contributed by atoms with Crippen LogP contribution in [0.3, 0.4) is 0 Å². The van der Waals surface area contributed by atoms with E-state index in [4.69, 9.17) is 5.11 Å². The second kappa shape index (κ2) is 5.32. The Bertz CT molecular complexity index is 382. The Morgan fingerprint density at radius 1 is 1.47 bits per heavy atom. The summed E-state index contributed by atoms with van der Waals surface area (Å²) in [5, 5.41) is 9.00. The Labute approximate surface area is 102 Å². The van der Waals surface area contributed by atoms with E-state index in [0.717, 1.165) is 0 Å². The van der Waals surface area contributed by atoms with Crippen LogP contribution >= 0.6 is 0 Å². The van der Waals surface area contributed by atoms with E-state index in [1.54, 1.807) is 6.92 Å². The van der Waals surface area contributed by atoms with Crippen molar-refractivity contribution in [3.05, 3.63) is 0 Å². The molecule has 17 heavy (non-hydrogen) atoms. The van der Waals surface area contributed by atoms with Gasteiger partial charge in [-0.25, -0.2) is 0 Å². The van der Waals surface area contributed by atoms with E-state index >= 15 is 0 Å². The molecule has 0 aromatic heterocycles. The third-order valence-corrected chi connectivity index (χ3v) is 5.14. The average Bonchev–Trinajstić information content (AvgIpc) is 2.26. The maximum Gasteiger partial charge on any atom is 0.307 e. The zero-order chi connectivity index (χ0) is 13.2. The van der Waals surface area contributed by atoms with Gasteiger partial charge in [0.05, 0.1) is 5.92 Å². The van der Waals surface area contributed by atoms with Gasteiger partial charge in [-0.2, -0.15) is 17.0 Å². The van der Waals surface area contributed by atoms with Crippen LogP contribution in [0, 0.1) is 11.8 Å². The third-order valence-electron chi connectivity index (χ3n) is 3.14. The highest BCUT2D eigenvalue weighted by molar-refractivity contribution is 7.86. The van der Waals surface area contributed by atoms with Crippen molar-refractivity contribution in [1.29, 1.82) is 0 Å². The minimum atomic E-state index is -3.51. The molecule has 0 radical (unpaired) electrons. The van der Waals surface area contributed by atoms with Crippen molar-refractivity contribution in [3.8, 4) is 0 Å². The second-order valence-electron chi connectivity index (χ2n) is 4.61. The molecule has 1 aliphatic heterocycles. The molecule has 0 spiro atoms. The molecule has 100 valence electrons. The van der Waals surface area contributed by atoms with E-state index in [1.165, 1.54) is 15.7 Å². The first-order valence-corrected chi connectivity index (χ1v) is 7.13. The summed E-state index contributed by atoms with van der Waals surface area (Å²) in [4.78, 5) is 11.0. The normalized spacial score (nSPS) is 27.3. The summed E-state index contributed by atoms with van der Waals surface area (Å²) in [7, 11) is -2.00. The van der Waals surface area contributed by atoms with E-state index in [1.807, 2.05) is 6.92 Å². The van der Waals surface area contributed by atoms with Crippen molar-refractivity contribution < 1.29 is 18.3 Å². The molecule has 1 aliphatic rings. The highest BCUT2D eigenvalue weighted by atomic mass is 32.2. The van der Waals surface area contributed by atoms with Crippen LogP contribution in [-0.2, 0) is 15.0 Å². The van der Waals surface area contributed by atoms with Gasteiger partial charge in [-0.15, -0.1) is 0 Å². The second-order valence-corrected chi connectivity index (χ2v) is 6.65. The van der Waals surface area contributed by atoms with Crippen molar-refractivity contribution in [2.45, 2.75) is 20.3 Å². The molecule has 0 bridgehead atoms. The summed E-state index contributed by atoms with van der Waals surface area (Å²) < 4.78 is 26.7. The van der Waals surface area contributed by atoms with Gasteiger partial charge in [-0.1, -0.05) is 13.8 Å². The van der Waals surface area contributed by atoms with Crippen molar-refractivity contribution >= 4 is 16.2 Å². The first kappa shape index (κ1) is 14.4. The number of hydrogen-bond acceptors (Lipinski definition) is 3. The lowest BCUT2D eigenvalue weighted by atomic mass is 9.92. The van der Waals surface area contributed by atoms with Crippen molar-refractivity contribution in [3.63, 3.8) is 0 Å². The predicted molar refractivity (Wildman–Crippen MR) is 63.7 cm³/mol. The van der Waals surface area contributed by atoms with Gasteiger partial charge in [-0.05, 0) is 12.3 Å². The molecule has 1 heterocycles. The molecular weight excluding hydrogens is 244 g/mol. The molecule has 0 saturated carbocycles. The maximum atomic E-state index is 12.1. The zero-order valence-corrected chi connectivity index (χ0v) is 11.3. The smallest absolute Gasteiger partial charge is 0.307 e. The van der Waals surface area contributed by atoms with E-state index in [2.05, 4.69) is 0 Å². The predicted octanol–water partition coefficient (Wildman–Crippen LogP) is 0.226. The molecule has 0 aromatic carbocycles. The number of rotatable bonds is 4. The standard InChI is InChI=1S/C10H20N2O4S/c1-4-11(3)17(15,16)12-6-8(2)5-9(7-12)10(13)14/h8-9H,4-7H2,1-3H3,(H,13,14). The Kier molecular flexibility index (Phi) is 4.51. The quantitative estimate of drug-likeness (QED) is 0.788. The Balaban J connectivity index is 2.87. The van der Waals surface area contributed by atoms with Crippen LogP contribution < -0.4 is 0 Å². The van der Waals surface area contributed by atoms with Crippen molar-refractivity contribution in [1.82, 2.24) is 8.61 Å². The monoisotopic (exact) mass is 264 g/mol. The summed E-state index contributed by atoms with van der Waals surface area (Å²) >= 11 is 0. The molecule has 0 aromatic rings. The minimum Gasteiger partial charge on any atom is -0.481 e. The first-order chi connectivity index (χ1) is 7.78. The molecule has 2 atom stereocenters. The number of nitrogens with zero attached hydrogens (tertiary/aromatic N) is 2. The maximum absolute atomic E-state index is 12.1. The van der Waals surface area contributed by atoms with E-state index in [9.17, 15) is 13.2 Å². The molecule has 7 heteroatoms. The Morgan fingerprint density at radius 3 is 2.53 bits per heavy atom. The number of aliphatic carboxylic acids is 1. The van der Waals surface area contributed by atoms with Crippen molar-refractivity contribution in [2.24, 2.45) is 11.8 Å². The molecule has 1 saturated heterocycles. The lowest BCUT2D eigenvalue weighted by Gasteiger charge is -2.35. The summed E-state index contributed by atoms with van der Waals surface area (Å²) in [6.45, 7) is 4.48. The van der Waals surface area contributed by atoms with Gasteiger partial charge in [0.15, 0.2) is 0 Å². The van der Waals surface area contributed by atoms with Crippen LogP contribution in [0.2, 0.25) is 0 Å². The molecule has 1 rings (SSSR count). The largest absolute Gasteiger partial charge is 0.481 e. The van der Waals surface area contributed by atoms with Gasteiger partial charge >= 0.3 is 5.97 Å². The van der Waals surface area contributed by atoms with Crippen LogP contribution in [0.15, 0.2) is 0 Å². The van der Waals surface area contributed by atoms with Gasteiger partial charge in [0.25, 0.3) is 10.2 Å². The zero-order valence-electron chi connectivity index (χ0n) is 10.5. The Morgan fingerprint density at radius 2 is 2.06 bits per heavy atom. The van der Waals surface area contributed by atoms with Crippen LogP contribution in [0.4, 0.5) is 0 Å². The van der Waals surface area contributed by atoms with Crippen LogP contribution in [0.5, 0.6) is 0 Å². The fourth-order valence-electron chi connectivity index (χ4n) is 2.03. The summed E-state index contributed by atoms with van der Waals surface area (Å²) in [5.41, 5.74) is 0. The van der Waals surface area contributed by atoms with Gasteiger partial charge in [0.1, 0.15) is 0 Å². The van der Waals surface area contributed by atoms with Crippen LogP contribution in [-0.4, -0.2) is 54.8 Å².